The van der Waals surface area contributed by atoms with E-state index in [9.17, 15) is 0 Å². The van der Waals surface area contributed by atoms with Crippen LogP contribution >= 0.6 is 0 Å². The van der Waals surface area contributed by atoms with E-state index in [1.165, 1.54) is 71.3 Å². The van der Waals surface area contributed by atoms with Crippen LogP contribution in [0.5, 0.6) is 0 Å². The molecule has 3 aromatic heterocycles. The van der Waals surface area contributed by atoms with Crippen LogP contribution in [-0.2, 0) is 13.5 Å². The minimum atomic E-state index is 0.244. The summed E-state index contributed by atoms with van der Waals surface area (Å²) in [5.74, 6) is 0. The molecule has 0 bridgehead atoms. The Kier molecular flexibility index (Phi) is 3.80. The molecule has 6 aromatic rings. The molecule has 3 heterocycles. The number of pyridine rings is 2. The zero-order chi connectivity index (χ0) is 22.5. The second kappa shape index (κ2) is 6.22. The summed E-state index contributed by atoms with van der Waals surface area (Å²) in [6, 6.07) is 16.5. The van der Waals surface area contributed by atoms with Crippen LogP contribution in [0.15, 0.2) is 48.7 Å². The molecular formula is C30H31N2+. The van der Waals surface area contributed by atoms with Crippen molar-refractivity contribution in [2.24, 2.45) is 12.5 Å². The van der Waals surface area contributed by atoms with Gasteiger partial charge in [-0.05, 0) is 78.4 Å². The number of aromatic nitrogens is 2. The zero-order valence-electron chi connectivity index (χ0n) is 20.2. The van der Waals surface area contributed by atoms with Gasteiger partial charge in [0.05, 0.1) is 27.3 Å². The van der Waals surface area contributed by atoms with Crippen molar-refractivity contribution in [3.05, 3.63) is 70.9 Å². The fraction of sp³-hybridized carbons (Fsp3) is 0.300. The van der Waals surface area contributed by atoms with E-state index in [4.69, 9.17) is 0 Å². The Bertz CT molecular complexity index is 1710. The van der Waals surface area contributed by atoms with E-state index in [1.807, 2.05) is 0 Å². The average molecular weight is 420 g/mol. The van der Waals surface area contributed by atoms with Gasteiger partial charge >= 0.3 is 0 Å². The fourth-order valence-corrected chi connectivity index (χ4v) is 5.79. The van der Waals surface area contributed by atoms with Gasteiger partial charge in [-0.2, -0.15) is 0 Å². The molecule has 0 saturated heterocycles. The molecule has 0 aliphatic rings. The van der Waals surface area contributed by atoms with Crippen LogP contribution in [0.4, 0.5) is 0 Å². The first kappa shape index (κ1) is 19.5. The highest BCUT2D eigenvalue weighted by Crippen LogP contribution is 2.42. The van der Waals surface area contributed by atoms with E-state index in [-0.39, 0.29) is 5.41 Å². The first-order chi connectivity index (χ1) is 15.1. The van der Waals surface area contributed by atoms with Crippen molar-refractivity contribution >= 4 is 49.0 Å². The summed E-state index contributed by atoms with van der Waals surface area (Å²) in [4.78, 5) is 0. The molecule has 0 amide bonds. The summed E-state index contributed by atoms with van der Waals surface area (Å²) in [6.45, 7) is 13.7. The van der Waals surface area contributed by atoms with Crippen molar-refractivity contribution in [3.8, 4) is 0 Å². The maximum atomic E-state index is 2.56. The van der Waals surface area contributed by atoms with Gasteiger partial charge in [0.15, 0.2) is 6.20 Å². The molecule has 0 fully saturated rings. The minimum Gasteiger partial charge on any atom is -0.307 e. The lowest BCUT2D eigenvalue weighted by molar-refractivity contribution is -0.643. The molecule has 0 radical (unpaired) electrons. The standard InChI is InChI=1S/C30H31N2/c1-17-8-9-22-23-13-18(2)19(3)26-28(23)32(24(22)12-17)25-15-20(16-30(4,5)6)14-21-10-11-31(7)29(26)27(21)25/h8-15H,16H2,1-7H3/q+1. The third kappa shape index (κ3) is 2.56. The molecule has 6 rings (SSSR count). The number of hydrogen-bond acceptors (Lipinski definition) is 0. The van der Waals surface area contributed by atoms with Gasteiger partial charge in [-0.1, -0.05) is 39.0 Å². The lowest BCUT2D eigenvalue weighted by atomic mass is 9.87. The minimum absolute atomic E-state index is 0.244. The average Bonchev–Trinajstić information content (AvgIpc) is 3.02. The Morgan fingerprint density at radius 1 is 0.844 bits per heavy atom. The molecule has 160 valence electrons. The van der Waals surface area contributed by atoms with Gasteiger partial charge in [0.2, 0.25) is 5.52 Å². The highest BCUT2D eigenvalue weighted by molar-refractivity contribution is 6.26. The first-order valence-corrected chi connectivity index (χ1v) is 11.6. The molecule has 0 saturated carbocycles. The van der Waals surface area contributed by atoms with Crippen molar-refractivity contribution in [1.29, 1.82) is 0 Å². The highest BCUT2D eigenvalue weighted by atomic mass is 15.0. The van der Waals surface area contributed by atoms with Gasteiger partial charge in [0.1, 0.15) is 7.05 Å². The second-order valence-corrected chi connectivity index (χ2v) is 11.0. The molecular weight excluding hydrogens is 388 g/mol. The molecule has 3 aromatic carbocycles. The molecule has 0 aliphatic carbocycles. The predicted octanol–water partition coefficient (Wildman–Crippen LogP) is 7.33. The summed E-state index contributed by atoms with van der Waals surface area (Å²) < 4.78 is 4.88. The Balaban J connectivity index is 1.99. The maximum Gasteiger partial charge on any atom is 0.224 e. The van der Waals surface area contributed by atoms with Gasteiger partial charge in [-0.3, -0.25) is 0 Å². The lowest BCUT2D eigenvalue weighted by Gasteiger charge is -2.20. The van der Waals surface area contributed by atoms with Gasteiger partial charge in [0, 0.05) is 16.8 Å². The topological polar surface area (TPSA) is 8.29 Å². The SMILES string of the molecule is Cc1ccc2c3cc(C)c(C)c4c3n(c2c1)c1cc(CC(C)(C)C)cc2cc[n+](C)c4c21. The largest absolute Gasteiger partial charge is 0.307 e. The van der Waals surface area contributed by atoms with Gasteiger partial charge in [-0.25, -0.2) is 4.57 Å². The Morgan fingerprint density at radius 3 is 2.38 bits per heavy atom. The van der Waals surface area contributed by atoms with Crippen LogP contribution in [0.2, 0.25) is 0 Å². The van der Waals surface area contributed by atoms with Crippen molar-refractivity contribution in [2.45, 2.75) is 48.0 Å². The maximum absolute atomic E-state index is 2.56. The first-order valence-electron chi connectivity index (χ1n) is 11.6. The van der Waals surface area contributed by atoms with Crippen molar-refractivity contribution in [3.63, 3.8) is 0 Å². The molecule has 0 aliphatic heterocycles. The van der Waals surface area contributed by atoms with Crippen molar-refractivity contribution < 1.29 is 4.57 Å². The number of aryl methyl sites for hydroxylation is 4. The third-order valence-corrected chi connectivity index (χ3v) is 7.21. The van der Waals surface area contributed by atoms with Gasteiger partial charge < -0.3 is 4.40 Å². The molecule has 2 heteroatoms. The summed E-state index contributed by atoms with van der Waals surface area (Å²) >= 11 is 0. The van der Waals surface area contributed by atoms with E-state index in [1.54, 1.807) is 0 Å². The van der Waals surface area contributed by atoms with E-state index >= 15 is 0 Å². The normalized spacial score (nSPS) is 13.0. The monoisotopic (exact) mass is 419 g/mol. The molecule has 0 unspecified atom stereocenters. The predicted molar refractivity (Wildman–Crippen MR) is 137 cm³/mol. The third-order valence-electron chi connectivity index (χ3n) is 7.21. The number of rotatable bonds is 1. The lowest BCUT2D eigenvalue weighted by Crippen LogP contribution is -2.29. The number of hydrogen-bond donors (Lipinski definition) is 0. The molecule has 0 atom stereocenters. The van der Waals surface area contributed by atoms with Gasteiger partial charge in [-0.15, -0.1) is 0 Å². The molecule has 2 nitrogen and oxygen atoms in total. The summed E-state index contributed by atoms with van der Waals surface area (Å²) in [7, 11) is 2.19. The second-order valence-electron chi connectivity index (χ2n) is 11.0. The Morgan fingerprint density at radius 2 is 1.62 bits per heavy atom. The smallest absolute Gasteiger partial charge is 0.224 e. The van der Waals surface area contributed by atoms with E-state index in [2.05, 4.69) is 106 Å². The molecule has 0 spiro atoms. The van der Waals surface area contributed by atoms with Crippen molar-refractivity contribution in [2.75, 3.05) is 0 Å². The van der Waals surface area contributed by atoms with Crippen LogP contribution in [0.1, 0.15) is 43.0 Å². The Labute approximate surface area is 189 Å². The fourth-order valence-electron chi connectivity index (χ4n) is 5.79. The van der Waals surface area contributed by atoms with Crippen molar-refractivity contribution in [1.82, 2.24) is 4.40 Å². The van der Waals surface area contributed by atoms with Crippen LogP contribution < -0.4 is 4.57 Å². The van der Waals surface area contributed by atoms with E-state index in [0.29, 0.717) is 0 Å². The van der Waals surface area contributed by atoms with Gasteiger partial charge in [0.25, 0.3) is 0 Å². The molecule has 32 heavy (non-hydrogen) atoms. The zero-order valence-corrected chi connectivity index (χ0v) is 20.2. The summed E-state index contributed by atoms with van der Waals surface area (Å²) in [5, 5.41) is 6.80. The molecule has 0 N–H and O–H groups in total. The summed E-state index contributed by atoms with van der Waals surface area (Å²) in [5.41, 5.74) is 11.0. The van der Waals surface area contributed by atoms with E-state index < -0.39 is 0 Å². The van der Waals surface area contributed by atoms with Crippen LogP contribution in [-0.4, -0.2) is 4.40 Å². The summed E-state index contributed by atoms with van der Waals surface area (Å²) in [6.07, 6.45) is 3.30. The quantitative estimate of drug-likeness (QED) is 0.150. The number of benzene rings is 3. The van der Waals surface area contributed by atoms with Crippen LogP contribution in [0.25, 0.3) is 49.0 Å². The Hall–Kier alpha value is -3.13. The van der Waals surface area contributed by atoms with E-state index in [0.717, 1.165) is 6.42 Å². The number of nitrogens with zero attached hydrogens (tertiary/aromatic N) is 2. The van der Waals surface area contributed by atoms with Crippen LogP contribution in [0, 0.1) is 26.2 Å². The number of fused-ring (bicyclic) bond motifs is 5. The van der Waals surface area contributed by atoms with Crippen LogP contribution in [0.3, 0.4) is 0 Å². The highest BCUT2D eigenvalue weighted by Gasteiger charge is 2.25.